The second-order valence-electron chi connectivity index (χ2n) is 14.5. The van der Waals surface area contributed by atoms with Gasteiger partial charge in [0, 0.05) is 47.9 Å². The van der Waals surface area contributed by atoms with E-state index in [9.17, 15) is 58.8 Å². The number of nitrogen functional groups attached to an aromatic ring is 2. The number of carboxylic acids is 2. The fourth-order valence-electron chi connectivity index (χ4n) is 6.80. The molecule has 380 valence electrons. The molecule has 8 rings (SSSR count). The van der Waals surface area contributed by atoms with Gasteiger partial charge in [-0.3, -0.25) is 38.6 Å². The predicted octanol–water partition coefficient (Wildman–Crippen LogP) is -11.1. The summed E-state index contributed by atoms with van der Waals surface area (Å²) < 4.78 is 2.35. The van der Waals surface area contributed by atoms with Crippen molar-refractivity contribution in [2.45, 2.75) is 33.1 Å². The van der Waals surface area contributed by atoms with E-state index < -0.39 is 81.3 Å². The normalized spacial score (nSPS) is 19.0. The van der Waals surface area contributed by atoms with E-state index in [0.717, 1.165) is 56.0 Å². The number of rotatable bonds is 16. The Balaban J connectivity index is 0.000000267. The van der Waals surface area contributed by atoms with Crippen LogP contribution >= 0.6 is 69.7 Å². The van der Waals surface area contributed by atoms with E-state index in [1.165, 1.54) is 72.0 Å². The van der Waals surface area contributed by atoms with Crippen molar-refractivity contribution in [2.75, 3.05) is 48.7 Å². The molecule has 30 nitrogen and oxygen atoms in total. The van der Waals surface area contributed by atoms with Crippen LogP contribution in [-0.2, 0) is 52.5 Å². The molecule has 4 aliphatic heterocycles. The number of anilines is 2. The SMILES string of the molecule is CO/N=C(\C(=O)NC1C(=O)N2C(C(=O)[O-])=C(CSc3nc(=O)c(O)nn3C)CS[C@@H]12)c1csc(N)n1.CO/N=C(\C(=O)NC1C(=O)N2C(C(=O)[O-])=C(CSc3nc(=O)c(O)nn3C)CS[C@@H]12)c1csc(N)n1.[Na+].[Na+]. The smallest absolute Gasteiger partial charge is 0.543 e. The standard InChI is InChI=1S/2C18H18N8O7S3.2Na/c2*1-25-18(22-12(28)13(29)23-25)36-4-6-3-34-15-9(14(30)26(15)10(6)16(31)32)21-11(27)8(24-33-2)7-5-35-17(19)20-7;;/h2*5,9,15H,3-4H2,1-2H3,(H2,19,20)(H,21,27)(H,23,29)(H,31,32);;/q;;2*+1/p-2/b2*24-8-;;/t2*9?,15-;;/m00../s1. The summed E-state index contributed by atoms with van der Waals surface area (Å²) in [4.78, 5) is 125. The van der Waals surface area contributed by atoms with Crippen molar-refractivity contribution in [3.8, 4) is 11.8 Å². The van der Waals surface area contributed by atoms with Crippen LogP contribution in [0.1, 0.15) is 11.4 Å². The minimum Gasteiger partial charge on any atom is -0.543 e. The number of aryl methyl sites for hydroxylation is 2. The van der Waals surface area contributed by atoms with Gasteiger partial charge >= 0.3 is 70.2 Å². The van der Waals surface area contributed by atoms with Gasteiger partial charge in [0.25, 0.3) is 35.4 Å². The zero-order valence-electron chi connectivity index (χ0n) is 39.1. The molecule has 0 spiro atoms. The van der Waals surface area contributed by atoms with E-state index in [-0.39, 0.29) is 137 Å². The van der Waals surface area contributed by atoms with Crippen molar-refractivity contribution in [1.29, 1.82) is 0 Å². The first-order chi connectivity index (χ1) is 34.2. The number of carbonyl (C=O) groups excluding carboxylic acids is 6. The summed E-state index contributed by atoms with van der Waals surface area (Å²) >= 11 is 6.69. The predicted molar refractivity (Wildman–Crippen MR) is 254 cm³/mol. The van der Waals surface area contributed by atoms with Gasteiger partial charge in [-0.05, 0) is 11.1 Å². The fourth-order valence-corrected chi connectivity index (χ4v) is 12.7. The molecule has 4 atom stereocenters. The topological polar surface area (TPSA) is 436 Å². The van der Waals surface area contributed by atoms with E-state index >= 15 is 0 Å². The van der Waals surface area contributed by atoms with Crippen LogP contribution in [0.4, 0.5) is 10.3 Å². The molecule has 4 aromatic heterocycles. The molecule has 74 heavy (non-hydrogen) atoms. The number of nitrogens with two attached hydrogens (primary N) is 2. The molecule has 2 unspecified atom stereocenters. The first kappa shape index (κ1) is 59.6. The van der Waals surface area contributed by atoms with Crippen LogP contribution in [0.15, 0.2) is 63.5 Å². The number of carboxylic acid groups (broad SMARTS) is 2. The molecule has 8 heterocycles. The molecule has 0 saturated carbocycles. The second kappa shape index (κ2) is 25.5. The summed E-state index contributed by atoms with van der Waals surface area (Å²) in [6, 6.07) is -2.04. The number of carbonyl (C=O) groups is 6. The minimum atomic E-state index is -1.56. The van der Waals surface area contributed by atoms with Crippen molar-refractivity contribution in [1.82, 2.24) is 59.9 Å². The molecule has 2 fully saturated rings. The van der Waals surface area contributed by atoms with E-state index in [2.05, 4.69) is 51.1 Å². The quantitative estimate of drug-likeness (QED) is 0.0199. The summed E-state index contributed by atoms with van der Waals surface area (Å²) in [5.41, 5.74) is 9.45. The largest absolute Gasteiger partial charge is 1.00 e. The Hall–Kier alpha value is -5.28. The number of amides is 4. The third kappa shape index (κ3) is 12.7. The number of β-lactam (4-membered cyclic amide) rings is 2. The Morgan fingerprint density at radius 3 is 1.38 bits per heavy atom. The van der Waals surface area contributed by atoms with E-state index in [0.29, 0.717) is 11.1 Å². The Morgan fingerprint density at radius 2 is 1.07 bits per heavy atom. The zero-order chi connectivity index (χ0) is 52.3. The fraction of sp³-hybridized carbons (Fsp3) is 0.333. The van der Waals surface area contributed by atoms with Crippen LogP contribution in [0.3, 0.4) is 0 Å². The molecule has 0 aliphatic carbocycles. The summed E-state index contributed by atoms with van der Waals surface area (Å²) in [7, 11) is 5.41. The second-order valence-corrected chi connectivity index (χ2v) is 20.3. The Kier molecular flexibility index (Phi) is 20.5. The maximum absolute atomic E-state index is 12.9. The number of thiazole rings is 2. The Bertz CT molecular complexity index is 2960. The first-order valence-corrected chi connectivity index (χ1v) is 25.6. The Morgan fingerprint density at radius 1 is 0.703 bits per heavy atom. The van der Waals surface area contributed by atoms with Crippen molar-refractivity contribution in [2.24, 2.45) is 24.4 Å². The van der Waals surface area contributed by atoms with E-state index in [4.69, 9.17) is 21.1 Å². The number of nitrogens with zero attached hydrogens (tertiary/aromatic N) is 12. The number of hydrogen-bond acceptors (Lipinski definition) is 30. The average Bonchev–Trinajstić information content (AvgIpc) is 3.98. The molecule has 4 amide bonds. The van der Waals surface area contributed by atoms with Crippen LogP contribution in [0.5, 0.6) is 11.8 Å². The monoisotopic (exact) mass is 1150 g/mol. The molecule has 2 saturated heterocycles. The molecule has 0 bridgehead atoms. The summed E-state index contributed by atoms with van der Waals surface area (Å²) in [5, 5.41) is 64.6. The summed E-state index contributed by atoms with van der Waals surface area (Å²) in [6.07, 6.45) is 0. The van der Waals surface area contributed by atoms with Gasteiger partial charge in [-0.1, -0.05) is 33.8 Å². The first-order valence-electron chi connectivity index (χ1n) is 19.8. The van der Waals surface area contributed by atoms with Crippen LogP contribution in [0.25, 0.3) is 0 Å². The molecular weight excluding hydrogens is 1120 g/mol. The number of oxime groups is 2. The van der Waals surface area contributed by atoms with Crippen LogP contribution in [0.2, 0.25) is 0 Å². The van der Waals surface area contributed by atoms with Crippen LogP contribution in [-0.4, -0.2) is 167 Å². The molecule has 4 aliphatic rings. The molecule has 0 radical (unpaired) electrons. The molecule has 4 aromatic rings. The van der Waals surface area contributed by atoms with E-state index in [1.807, 2.05) is 0 Å². The number of hydrogen-bond donors (Lipinski definition) is 6. The third-order valence-corrected chi connectivity index (χ3v) is 16.2. The molecular formula is C36H34N16Na2O14S6. The van der Waals surface area contributed by atoms with Gasteiger partial charge in [0.2, 0.25) is 0 Å². The number of aromatic nitrogens is 8. The third-order valence-electron chi connectivity index (χ3n) is 9.95. The van der Waals surface area contributed by atoms with Gasteiger partial charge in [0.15, 0.2) is 32.0 Å². The molecule has 38 heteroatoms. The zero-order valence-corrected chi connectivity index (χ0v) is 48.0. The van der Waals surface area contributed by atoms with Crippen molar-refractivity contribution in [3.63, 3.8) is 0 Å². The van der Waals surface area contributed by atoms with Crippen molar-refractivity contribution < 1.29 is 118 Å². The van der Waals surface area contributed by atoms with Gasteiger partial charge in [0.05, 0.1) is 23.3 Å². The van der Waals surface area contributed by atoms with Gasteiger partial charge in [-0.25, -0.2) is 19.3 Å². The average molecular weight is 1150 g/mol. The van der Waals surface area contributed by atoms with Gasteiger partial charge in [-0.2, -0.15) is 9.97 Å². The van der Waals surface area contributed by atoms with Gasteiger partial charge in [0.1, 0.15) is 48.4 Å². The number of fused-ring (bicyclic) bond motifs is 2. The van der Waals surface area contributed by atoms with Gasteiger partial charge < -0.3 is 61.8 Å². The minimum absolute atomic E-state index is 0. The summed E-state index contributed by atoms with van der Waals surface area (Å²) in [6.45, 7) is 0. The molecule has 8 N–H and O–H groups in total. The van der Waals surface area contributed by atoms with Crippen LogP contribution < -0.4 is 103 Å². The van der Waals surface area contributed by atoms with Crippen molar-refractivity contribution in [3.05, 3.63) is 65.4 Å². The Labute approximate surface area is 483 Å². The van der Waals surface area contributed by atoms with Gasteiger partial charge in [-0.15, -0.1) is 56.4 Å². The van der Waals surface area contributed by atoms with E-state index in [1.54, 1.807) is 0 Å². The number of aromatic hydroxyl groups is 2. The number of thioether (sulfide) groups is 4. The van der Waals surface area contributed by atoms with Crippen molar-refractivity contribution >= 4 is 127 Å². The molecule has 0 aromatic carbocycles. The summed E-state index contributed by atoms with van der Waals surface area (Å²) in [5.74, 6) is -6.87. The number of nitrogens with one attached hydrogen (secondary N) is 2. The maximum Gasteiger partial charge on any atom is 1.00 e. The maximum atomic E-state index is 12.9. The van der Waals surface area contributed by atoms with Crippen LogP contribution in [0, 0.1) is 0 Å². The number of aliphatic carboxylic acids is 2.